The molecule has 122 valence electrons. The lowest BCUT2D eigenvalue weighted by atomic mass is 10.2. The molecule has 0 saturated heterocycles. The van der Waals surface area contributed by atoms with Gasteiger partial charge in [0.1, 0.15) is 0 Å². The Morgan fingerprint density at radius 1 is 1.26 bits per heavy atom. The summed E-state index contributed by atoms with van der Waals surface area (Å²) in [6, 6.07) is 10.9. The summed E-state index contributed by atoms with van der Waals surface area (Å²) in [5.41, 5.74) is 1.79. The number of carbonyl (C=O) groups is 1. The van der Waals surface area contributed by atoms with Crippen molar-refractivity contribution in [2.75, 3.05) is 19.4 Å². The van der Waals surface area contributed by atoms with Crippen molar-refractivity contribution in [1.82, 2.24) is 9.47 Å². The van der Waals surface area contributed by atoms with Gasteiger partial charge in [-0.2, -0.15) is 0 Å². The zero-order valence-electron chi connectivity index (χ0n) is 13.3. The van der Waals surface area contributed by atoms with Gasteiger partial charge in [0.25, 0.3) is 5.56 Å². The Morgan fingerprint density at radius 3 is 2.78 bits per heavy atom. The Morgan fingerprint density at radius 2 is 2.04 bits per heavy atom. The van der Waals surface area contributed by atoms with Crippen LogP contribution in [0.3, 0.4) is 0 Å². The zero-order chi connectivity index (χ0) is 16.8. The summed E-state index contributed by atoms with van der Waals surface area (Å²) in [6.07, 6.45) is 1.93. The first kappa shape index (κ1) is 17.4. The second kappa shape index (κ2) is 8.08. The van der Waals surface area contributed by atoms with Crippen LogP contribution in [-0.4, -0.2) is 29.5 Å². The number of hydrogen-bond donors (Lipinski definition) is 1. The maximum absolute atomic E-state index is 12.1. The minimum atomic E-state index is -0.117. The Bertz CT molecular complexity index is 741. The summed E-state index contributed by atoms with van der Waals surface area (Å²) in [7, 11) is 4.00. The number of aryl methyl sites for hydroxylation is 1. The van der Waals surface area contributed by atoms with E-state index in [-0.39, 0.29) is 17.9 Å². The molecule has 0 spiro atoms. The van der Waals surface area contributed by atoms with Crippen LogP contribution >= 0.6 is 15.9 Å². The van der Waals surface area contributed by atoms with E-state index in [2.05, 4.69) is 26.1 Å². The molecule has 1 heterocycles. The van der Waals surface area contributed by atoms with Gasteiger partial charge in [0.15, 0.2) is 0 Å². The number of benzene rings is 1. The number of anilines is 1. The molecule has 23 heavy (non-hydrogen) atoms. The highest BCUT2D eigenvalue weighted by Gasteiger charge is 2.05. The van der Waals surface area contributed by atoms with Crippen LogP contribution in [0.1, 0.15) is 12.0 Å². The summed E-state index contributed by atoms with van der Waals surface area (Å²) in [5, 5.41) is 2.88. The third kappa shape index (κ3) is 5.65. The molecule has 1 amide bonds. The first-order valence-corrected chi connectivity index (χ1v) is 8.13. The molecule has 0 fully saturated rings. The fraction of sp³-hybridized carbons (Fsp3) is 0.294. The molecule has 5 nitrogen and oxygen atoms in total. The largest absolute Gasteiger partial charge is 0.326 e. The van der Waals surface area contributed by atoms with Gasteiger partial charge >= 0.3 is 0 Å². The molecule has 0 radical (unpaired) electrons. The van der Waals surface area contributed by atoms with Gasteiger partial charge in [0.2, 0.25) is 5.91 Å². The van der Waals surface area contributed by atoms with E-state index in [1.165, 1.54) is 10.6 Å². The van der Waals surface area contributed by atoms with Crippen LogP contribution in [-0.2, 0) is 17.9 Å². The monoisotopic (exact) mass is 377 g/mol. The van der Waals surface area contributed by atoms with Gasteiger partial charge in [-0.15, -0.1) is 0 Å². The van der Waals surface area contributed by atoms with Crippen LogP contribution in [0, 0.1) is 0 Å². The first-order chi connectivity index (χ1) is 10.9. The second-order valence-corrected chi connectivity index (χ2v) is 6.53. The van der Waals surface area contributed by atoms with Gasteiger partial charge in [-0.1, -0.05) is 12.1 Å². The molecule has 1 N–H and O–H groups in total. The highest BCUT2D eigenvalue weighted by molar-refractivity contribution is 9.10. The molecule has 2 rings (SSSR count). The Hall–Kier alpha value is -1.92. The number of nitrogens with one attached hydrogen (secondary N) is 1. The van der Waals surface area contributed by atoms with Gasteiger partial charge in [-0.05, 0) is 53.8 Å². The summed E-state index contributed by atoms with van der Waals surface area (Å²) in [6.45, 7) is 1.17. The quantitative estimate of drug-likeness (QED) is 0.841. The third-order valence-corrected chi connectivity index (χ3v) is 3.71. The van der Waals surface area contributed by atoms with Crippen LogP contribution < -0.4 is 10.9 Å². The third-order valence-electron chi connectivity index (χ3n) is 3.24. The van der Waals surface area contributed by atoms with E-state index >= 15 is 0 Å². The van der Waals surface area contributed by atoms with Crippen molar-refractivity contribution < 1.29 is 4.79 Å². The van der Waals surface area contributed by atoms with Crippen molar-refractivity contribution >= 4 is 27.5 Å². The van der Waals surface area contributed by atoms with Crippen LogP contribution in [0.2, 0.25) is 0 Å². The molecule has 6 heteroatoms. The van der Waals surface area contributed by atoms with Crippen LogP contribution in [0.5, 0.6) is 0 Å². The van der Waals surface area contributed by atoms with Crippen molar-refractivity contribution in [2.45, 2.75) is 19.5 Å². The van der Waals surface area contributed by atoms with E-state index in [1.54, 1.807) is 12.3 Å². The smallest absolute Gasteiger partial charge is 0.250 e. The predicted octanol–water partition coefficient (Wildman–Crippen LogP) is 2.70. The minimum Gasteiger partial charge on any atom is -0.326 e. The number of aromatic nitrogens is 1. The summed E-state index contributed by atoms with van der Waals surface area (Å²) in [5.74, 6) is -0.112. The number of pyridine rings is 1. The summed E-state index contributed by atoms with van der Waals surface area (Å²) >= 11 is 3.32. The van der Waals surface area contributed by atoms with Gasteiger partial charge in [-0.3, -0.25) is 9.59 Å². The molecule has 0 bridgehead atoms. The highest BCUT2D eigenvalue weighted by Crippen LogP contribution is 2.12. The fourth-order valence-corrected chi connectivity index (χ4v) is 2.61. The Kier molecular flexibility index (Phi) is 6.12. The molecule has 0 aliphatic heterocycles. The standard InChI is InChI=1S/C17H20BrN3O2/c1-20(2)11-13-4-3-5-15(10-13)19-16(22)8-9-21-12-14(18)6-7-17(21)23/h3-7,10,12H,8-9,11H2,1-2H3,(H,19,22). The number of rotatable bonds is 6. The molecule has 0 aliphatic carbocycles. The SMILES string of the molecule is CN(C)Cc1cccc(NC(=O)CCn2cc(Br)ccc2=O)c1. The average molecular weight is 378 g/mol. The lowest BCUT2D eigenvalue weighted by molar-refractivity contribution is -0.116. The van der Waals surface area contributed by atoms with Crippen molar-refractivity contribution in [3.05, 3.63) is 63.0 Å². The number of nitrogens with zero attached hydrogens (tertiary/aromatic N) is 2. The summed E-state index contributed by atoms with van der Waals surface area (Å²) < 4.78 is 2.33. The van der Waals surface area contributed by atoms with Crippen LogP contribution in [0.15, 0.2) is 51.9 Å². The second-order valence-electron chi connectivity index (χ2n) is 5.62. The summed E-state index contributed by atoms with van der Waals surface area (Å²) in [4.78, 5) is 25.8. The maximum atomic E-state index is 12.1. The van der Waals surface area contributed by atoms with Crippen molar-refractivity contribution in [3.63, 3.8) is 0 Å². The van der Waals surface area contributed by atoms with Crippen molar-refractivity contribution in [2.24, 2.45) is 0 Å². The minimum absolute atomic E-state index is 0.112. The molecule has 1 aromatic heterocycles. The van der Waals surface area contributed by atoms with E-state index < -0.39 is 0 Å². The van der Waals surface area contributed by atoms with E-state index in [9.17, 15) is 9.59 Å². The number of amides is 1. The van der Waals surface area contributed by atoms with Crippen molar-refractivity contribution in [3.8, 4) is 0 Å². The predicted molar refractivity (Wildman–Crippen MR) is 95.5 cm³/mol. The van der Waals surface area contributed by atoms with Gasteiger partial charge in [-0.25, -0.2) is 0 Å². The molecule has 0 saturated carbocycles. The molecule has 2 aromatic rings. The molecular formula is C17H20BrN3O2. The van der Waals surface area contributed by atoms with E-state index in [4.69, 9.17) is 0 Å². The van der Waals surface area contributed by atoms with E-state index in [1.807, 2.05) is 38.4 Å². The van der Waals surface area contributed by atoms with Gasteiger partial charge in [0.05, 0.1) is 0 Å². The lowest BCUT2D eigenvalue weighted by Gasteiger charge is -2.12. The van der Waals surface area contributed by atoms with Crippen molar-refractivity contribution in [1.29, 1.82) is 0 Å². The Labute approximate surface area is 144 Å². The molecule has 0 atom stereocenters. The molecule has 0 unspecified atom stereocenters. The Balaban J connectivity index is 1.94. The fourth-order valence-electron chi connectivity index (χ4n) is 2.23. The van der Waals surface area contributed by atoms with E-state index in [0.29, 0.717) is 6.54 Å². The normalized spacial score (nSPS) is 10.8. The van der Waals surface area contributed by atoms with Gasteiger partial charge in [0, 0.05) is 41.9 Å². The number of halogens is 1. The average Bonchev–Trinajstić information content (AvgIpc) is 2.48. The topological polar surface area (TPSA) is 54.3 Å². The number of carbonyl (C=O) groups excluding carboxylic acids is 1. The van der Waals surface area contributed by atoms with Crippen LogP contribution in [0.4, 0.5) is 5.69 Å². The first-order valence-electron chi connectivity index (χ1n) is 7.33. The van der Waals surface area contributed by atoms with Gasteiger partial charge < -0.3 is 14.8 Å². The lowest BCUT2D eigenvalue weighted by Crippen LogP contribution is -2.22. The molecular weight excluding hydrogens is 358 g/mol. The number of hydrogen-bond acceptors (Lipinski definition) is 3. The maximum Gasteiger partial charge on any atom is 0.250 e. The van der Waals surface area contributed by atoms with E-state index in [0.717, 1.165) is 22.3 Å². The highest BCUT2D eigenvalue weighted by atomic mass is 79.9. The van der Waals surface area contributed by atoms with Crippen LogP contribution in [0.25, 0.3) is 0 Å². The molecule has 0 aliphatic rings. The molecule has 1 aromatic carbocycles. The zero-order valence-corrected chi connectivity index (χ0v) is 14.8.